The second kappa shape index (κ2) is 7.44. The first-order chi connectivity index (χ1) is 12.0. The van der Waals surface area contributed by atoms with Crippen molar-refractivity contribution in [1.29, 1.82) is 0 Å². The summed E-state index contributed by atoms with van der Waals surface area (Å²) < 4.78 is 0. The number of hydrogen-bond acceptors (Lipinski definition) is 3. The smallest absolute Gasteiger partial charge is 0.319 e. The van der Waals surface area contributed by atoms with Crippen LogP contribution in [0.3, 0.4) is 0 Å². The summed E-state index contributed by atoms with van der Waals surface area (Å²) in [5, 5.41) is 8.74. The van der Waals surface area contributed by atoms with Gasteiger partial charge in [-0.25, -0.2) is 4.79 Å². The number of anilines is 1. The lowest BCUT2D eigenvalue weighted by Gasteiger charge is -2.33. The highest BCUT2D eigenvalue weighted by atomic mass is 16.2. The monoisotopic (exact) mass is 344 g/mol. The van der Waals surface area contributed by atoms with Gasteiger partial charge in [-0.2, -0.15) is 0 Å². The normalized spacial score (nSPS) is 20.4. The number of hydrogen-bond donors (Lipinski definition) is 4. The van der Waals surface area contributed by atoms with Crippen LogP contribution in [0.25, 0.3) is 0 Å². The molecule has 1 aromatic carbocycles. The van der Waals surface area contributed by atoms with Gasteiger partial charge in [0.15, 0.2) is 0 Å². The molecule has 3 amide bonds. The molecule has 1 aromatic rings. The van der Waals surface area contributed by atoms with Crippen LogP contribution in [0, 0.1) is 0 Å². The van der Waals surface area contributed by atoms with Crippen molar-refractivity contribution in [3.8, 4) is 0 Å². The van der Waals surface area contributed by atoms with Crippen LogP contribution in [-0.2, 0) is 4.79 Å². The van der Waals surface area contributed by atoms with Gasteiger partial charge in [0, 0.05) is 11.7 Å². The van der Waals surface area contributed by atoms with Crippen LogP contribution in [0.1, 0.15) is 63.5 Å². The van der Waals surface area contributed by atoms with Crippen LogP contribution in [-0.4, -0.2) is 23.5 Å². The van der Waals surface area contributed by atoms with Gasteiger partial charge in [0.25, 0.3) is 0 Å². The molecular formula is C19H28N4O2. The van der Waals surface area contributed by atoms with E-state index in [1.165, 1.54) is 0 Å². The summed E-state index contributed by atoms with van der Waals surface area (Å²) in [6.45, 7) is 1.95. The van der Waals surface area contributed by atoms with Crippen LogP contribution < -0.4 is 21.7 Å². The van der Waals surface area contributed by atoms with E-state index in [1.54, 1.807) is 0 Å². The third-order valence-corrected chi connectivity index (χ3v) is 5.13. The zero-order chi connectivity index (χ0) is 17.9. The van der Waals surface area contributed by atoms with Crippen molar-refractivity contribution in [2.75, 3.05) is 5.32 Å². The zero-order valence-corrected chi connectivity index (χ0v) is 14.8. The summed E-state index contributed by atoms with van der Waals surface area (Å²) in [7, 11) is 0. The number of rotatable bonds is 5. The van der Waals surface area contributed by atoms with Crippen molar-refractivity contribution in [1.82, 2.24) is 10.6 Å². The van der Waals surface area contributed by atoms with Gasteiger partial charge in [0.05, 0.1) is 11.6 Å². The van der Waals surface area contributed by atoms with Gasteiger partial charge in [-0.05, 0) is 50.3 Å². The number of nitrogens with one attached hydrogen (secondary N) is 3. The highest BCUT2D eigenvalue weighted by Crippen LogP contribution is 2.27. The quantitative estimate of drug-likeness (QED) is 0.661. The van der Waals surface area contributed by atoms with E-state index in [0.29, 0.717) is 6.04 Å². The maximum absolute atomic E-state index is 12.5. The lowest BCUT2D eigenvalue weighted by Crippen LogP contribution is -2.55. The zero-order valence-electron chi connectivity index (χ0n) is 14.8. The molecule has 2 aliphatic rings. The Morgan fingerprint density at radius 1 is 1.12 bits per heavy atom. The molecule has 25 heavy (non-hydrogen) atoms. The third kappa shape index (κ3) is 4.72. The Balaban J connectivity index is 1.53. The number of urea groups is 1. The van der Waals surface area contributed by atoms with Crippen molar-refractivity contribution in [2.45, 2.75) is 69.5 Å². The molecule has 0 aliphatic heterocycles. The predicted molar refractivity (Wildman–Crippen MR) is 98.2 cm³/mol. The van der Waals surface area contributed by atoms with Gasteiger partial charge in [-0.15, -0.1) is 0 Å². The molecule has 6 nitrogen and oxygen atoms in total. The van der Waals surface area contributed by atoms with Gasteiger partial charge in [0.1, 0.15) is 0 Å². The first-order valence-corrected chi connectivity index (χ1v) is 9.24. The number of nitrogens with two attached hydrogens (primary N) is 1. The van der Waals surface area contributed by atoms with Crippen molar-refractivity contribution < 1.29 is 9.59 Å². The fourth-order valence-electron chi connectivity index (χ4n) is 3.27. The Hall–Kier alpha value is -2.08. The highest BCUT2D eigenvalue weighted by molar-refractivity contribution is 5.89. The Bertz CT molecular complexity index is 619. The van der Waals surface area contributed by atoms with E-state index < -0.39 is 5.54 Å². The molecule has 0 radical (unpaired) electrons. The molecule has 3 rings (SSSR count). The molecule has 0 spiro atoms. The first kappa shape index (κ1) is 17.7. The predicted octanol–water partition coefficient (Wildman–Crippen LogP) is 2.81. The molecule has 0 heterocycles. The van der Waals surface area contributed by atoms with Crippen molar-refractivity contribution in [2.24, 2.45) is 5.73 Å². The van der Waals surface area contributed by atoms with Gasteiger partial charge < -0.3 is 21.7 Å². The molecular weight excluding hydrogens is 316 g/mol. The highest BCUT2D eigenvalue weighted by Gasteiger charge is 2.35. The number of benzene rings is 1. The van der Waals surface area contributed by atoms with Gasteiger partial charge >= 0.3 is 6.03 Å². The SMILES string of the molecule is CC(NC(=O)C1(N)CCCCC1)c1ccc(NC(=O)NC2CC2)cc1. The lowest BCUT2D eigenvalue weighted by atomic mass is 9.81. The third-order valence-electron chi connectivity index (χ3n) is 5.13. The van der Waals surface area contributed by atoms with Gasteiger partial charge in [-0.3, -0.25) is 4.79 Å². The topological polar surface area (TPSA) is 96.2 Å². The molecule has 2 fully saturated rings. The van der Waals surface area contributed by atoms with E-state index in [9.17, 15) is 9.59 Å². The molecule has 0 aromatic heterocycles. The van der Waals surface area contributed by atoms with Gasteiger partial charge in [-0.1, -0.05) is 31.4 Å². The summed E-state index contributed by atoms with van der Waals surface area (Å²) in [4.78, 5) is 24.3. The molecule has 136 valence electrons. The molecule has 1 unspecified atom stereocenters. The minimum atomic E-state index is -0.727. The standard InChI is InChI=1S/C19H28N4O2/c1-13(21-17(24)19(20)11-3-2-4-12-19)14-5-7-15(8-6-14)22-18(25)23-16-9-10-16/h5-8,13,16H,2-4,9-12,20H2,1H3,(H,21,24)(H2,22,23,25). The largest absolute Gasteiger partial charge is 0.348 e. The van der Waals surface area contributed by atoms with Crippen LogP contribution in [0.15, 0.2) is 24.3 Å². The number of carbonyl (C=O) groups is 2. The Labute approximate surface area is 148 Å². The average Bonchev–Trinajstić information content (AvgIpc) is 3.40. The van der Waals surface area contributed by atoms with Crippen LogP contribution in [0.2, 0.25) is 0 Å². The summed E-state index contributed by atoms with van der Waals surface area (Å²) >= 11 is 0. The minimum absolute atomic E-state index is 0.0642. The van der Waals surface area contributed by atoms with E-state index in [-0.39, 0.29) is 18.0 Å². The summed E-state index contributed by atoms with van der Waals surface area (Å²) in [6.07, 6.45) is 6.82. The number of carbonyl (C=O) groups excluding carboxylic acids is 2. The molecule has 1 atom stereocenters. The van der Waals surface area contributed by atoms with Crippen molar-refractivity contribution >= 4 is 17.6 Å². The van der Waals surface area contributed by atoms with E-state index in [0.717, 1.165) is 56.2 Å². The van der Waals surface area contributed by atoms with E-state index in [4.69, 9.17) is 5.73 Å². The maximum Gasteiger partial charge on any atom is 0.319 e. The molecule has 6 heteroatoms. The van der Waals surface area contributed by atoms with Crippen LogP contribution in [0.4, 0.5) is 10.5 Å². The lowest BCUT2D eigenvalue weighted by molar-refractivity contribution is -0.128. The Morgan fingerprint density at radius 3 is 2.36 bits per heavy atom. The first-order valence-electron chi connectivity index (χ1n) is 9.24. The average molecular weight is 344 g/mol. The fraction of sp³-hybridized carbons (Fsp3) is 0.579. The van der Waals surface area contributed by atoms with Crippen molar-refractivity contribution in [3.05, 3.63) is 29.8 Å². The fourth-order valence-corrected chi connectivity index (χ4v) is 3.27. The van der Waals surface area contributed by atoms with E-state index >= 15 is 0 Å². The molecule has 5 N–H and O–H groups in total. The molecule has 0 saturated heterocycles. The van der Waals surface area contributed by atoms with Crippen molar-refractivity contribution in [3.63, 3.8) is 0 Å². The van der Waals surface area contributed by atoms with Gasteiger partial charge in [0.2, 0.25) is 5.91 Å². The van der Waals surface area contributed by atoms with Crippen LogP contribution in [0.5, 0.6) is 0 Å². The minimum Gasteiger partial charge on any atom is -0.348 e. The van der Waals surface area contributed by atoms with Crippen LogP contribution >= 0.6 is 0 Å². The summed E-state index contributed by atoms with van der Waals surface area (Å²) in [5.74, 6) is -0.0642. The number of amides is 3. The molecule has 2 aliphatic carbocycles. The summed E-state index contributed by atoms with van der Waals surface area (Å²) in [5.41, 5.74) is 7.28. The second-order valence-electron chi connectivity index (χ2n) is 7.41. The van der Waals surface area contributed by atoms with E-state index in [1.807, 2.05) is 31.2 Å². The second-order valence-corrected chi connectivity index (χ2v) is 7.41. The Kier molecular flexibility index (Phi) is 5.27. The molecule has 0 bridgehead atoms. The van der Waals surface area contributed by atoms with E-state index in [2.05, 4.69) is 16.0 Å². The molecule has 2 saturated carbocycles. The maximum atomic E-state index is 12.5. The Morgan fingerprint density at radius 2 is 1.76 bits per heavy atom. The summed E-state index contributed by atoms with van der Waals surface area (Å²) in [6, 6.07) is 7.58.